The average Bonchev–Trinajstić information content (AvgIpc) is 2.77. The van der Waals surface area contributed by atoms with Gasteiger partial charge in [-0.1, -0.05) is 20.8 Å². The SMILES string of the molecule is CCC(C)N(CCOC)c1nc(C)c(CNC(C)C)s1. The van der Waals surface area contributed by atoms with Crippen LogP contribution in [0.4, 0.5) is 5.13 Å². The van der Waals surface area contributed by atoms with E-state index >= 15 is 0 Å². The van der Waals surface area contributed by atoms with Gasteiger partial charge in [0.25, 0.3) is 0 Å². The predicted octanol–water partition coefficient (Wildman–Crippen LogP) is 3.20. The summed E-state index contributed by atoms with van der Waals surface area (Å²) in [6, 6.07) is 0.987. The second kappa shape index (κ2) is 8.60. The minimum atomic E-state index is 0.488. The summed E-state index contributed by atoms with van der Waals surface area (Å²) in [7, 11) is 1.75. The van der Waals surface area contributed by atoms with Crippen molar-refractivity contribution in [3.05, 3.63) is 10.6 Å². The maximum atomic E-state index is 5.23. The van der Waals surface area contributed by atoms with Crippen LogP contribution in [0.5, 0.6) is 0 Å². The Morgan fingerprint density at radius 1 is 1.35 bits per heavy atom. The van der Waals surface area contributed by atoms with Crippen LogP contribution in [-0.4, -0.2) is 37.3 Å². The molecule has 0 aliphatic rings. The minimum absolute atomic E-state index is 0.488. The Balaban J connectivity index is 2.82. The van der Waals surface area contributed by atoms with Gasteiger partial charge >= 0.3 is 0 Å². The lowest BCUT2D eigenvalue weighted by Crippen LogP contribution is -2.35. The van der Waals surface area contributed by atoms with Crippen LogP contribution in [0.1, 0.15) is 44.7 Å². The highest BCUT2D eigenvalue weighted by atomic mass is 32.1. The number of anilines is 1. The molecule has 0 amide bonds. The maximum Gasteiger partial charge on any atom is 0.186 e. The highest BCUT2D eigenvalue weighted by Gasteiger charge is 2.18. The van der Waals surface area contributed by atoms with Crippen LogP contribution >= 0.6 is 11.3 Å². The van der Waals surface area contributed by atoms with Crippen molar-refractivity contribution in [2.75, 3.05) is 25.2 Å². The molecule has 0 radical (unpaired) electrons. The molecule has 20 heavy (non-hydrogen) atoms. The molecule has 0 bridgehead atoms. The first-order valence-electron chi connectivity index (χ1n) is 7.44. The van der Waals surface area contributed by atoms with Crippen molar-refractivity contribution in [2.45, 2.75) is 59.7 Å². The average molecular weight is 299 g/mol. The zero-order valence-electron chi connectivity index (χ0n) is 13.7. The molecule has 1 aromatic heterocycles. The van der Waals surface area contributed by atoms with Crippen LogP contribution in [0.25, 0.3) is 0 Å². The first-order chi connectivity index (χ1) is 9.49. The van der Waals surface area contributed by atoms with Gasteiger partial charge in [0.1, 0.15) is 0 Å². The molecule has 5 heteroatoms. The first-order valence-corrected chi connectivity index (χ1v) is 8.26. The summed E-state index contributed by atoms with van der Waals surface area (Å²) in [5.74, 6) is 0. The third kappa shape index (κ3) is 5.04. The van der Waals surface area contributed by atoms with E-state index in [9.17, 15) is 0 Å². The summed E-state index contributed by atoms with van der Waals surface area (Å²) >= 11 is 1.80. The molecule has 0 aliphatic heterocycles. The second-order valence-electron chi connectivity index (χ2n) is 5.48. The van der Waals surface area contributed by atoms with Crippen molar-refractivity contribution in [3.63, 3.8) is 0 Å². The van der Waals surface area contributed by atoms with Gasteiger partial charge < -0.3 is 15.0 Å². The Labute approximate surface area is 127 Å². The molecule has 0 spiro atoms. The second-order valence-corrected chi connectivity index (χ2v) is 6.55. The molecular formula is C15H29N3OS. The van der Waals surface area contributed by atoms with Crippen LogP contribution in [0, 0.1) is 6.92 Å². The lowest BCUT2D eigenvalue weighted by molar-refractivity contribution is 0.203. The van der Waals surface area contributed by atoms with Crippen LogP contribution in [0.3, 0.4) is 0 Å². The molecule has 116 valence electrons. The van der Waals surface area contributed by atoms with Gasteiger partial charge in [-0.15, -0.1) is 11.3 Å². The van der Waals surface area contributed by atoms with E-state index in [4.69, 9.17) is 9.72 Å². The summed E-state index contributed by atoms with van der Waals surface area (Å²) in [5.41, 5.74) is 1.14. The zero-order chi connectivity index (χ0) is 15.1. The van der Waals surface area contributed by atoms with E-state index in [0.29, 0.717) is 12.1 Å². The van der Waals surface area contributed by atoms with Gasteiger partial charge in [0.15, 0.2) is 5.13 Å². The van der Waals surface area contributed by atoms with E-state index in [-0.39, 0.29) is 0 Å². The van der Waals surface area contributed by atoms with E-state index in [1.165, 1.54) is 4.88 Å². The maximum absolute atomic E-state index is 5.23. The van der Waals surface area contributed by atoms with E-state index in [1.807, 2.05) is 0 Å². The quantitative estimate of drug-likeness (QED) is 0.760. The van der Waals surface area contributed by atoms with Crippen LogP contribution in [0.15, 0.2) is 0 Å². The molecule has 1 unspecified atom stereocenters. The lowest BCUT2D eigenvalue weighted by atomic mass is 10.2. The smallest absolute Gasteiger partial charge is 0.186 e. The largest absolute Gasteiger partial charge is 0.383 e. The van der Waals surface area contributed by atoms with Gasteiger partial charge in [0.05, 0.1) is 12.3 Å². The fraction of sp³-hybridized carbons (Fsp3) is 0.800. The van der Waals surface area contributed by atoms with E-state index in [2.05, 4.69) is 44.8 Å². The Hall–Kier alpha value is -0.650. The highest BCUT2D eigenvalue weighted by molar-refractivity contribution is 7.15. The molecule has 1 aromatic rings. The normalized spacial score (nSPS) is 12.9. The first kappa shape index (κ1) is 17.4. The number of thiazole rings is 1. The van der Waals surface area contributed by atoms with E-state index < -0.39 is 0 Å². The van der Waals surface area contributed by atoms with Crippen molar-refractivity contribution >= 4 is 16.5 Å². The van der Waals surface area contributed by atoms with E-state index in [0.717, 1.165) is 36.9 Å². The van der Waals surface area contributed by atoms with Gasteiger partial charge in [-0.2, -0.15) is 0 Å². The summed E-state index contributed by atoms with van der Waals surface area (Å²) in [6.07, 6.45) is 1.11. The fourth-order valence-electron chi connectivity index (χ4n) is 1.91. The monoisotopic (exact) mass is 299 g/mol. The number of ether oxygens (including phenoxy) is 1. The van der Waals surface area contributed by atoms with Gasteiger partial charge in [0.2, 0.25) is 0 Å². The van der Waals surface area contributed by atoms with Crippen LogP contribution in [-0.2, 0) is 11.3 Å². The molecule has 0 aromatic carbocycles. The molecule has 0 aliphatic carbocycles. The molecular weight excluding hydrogens is 270 g/mol. The number of hydrogen-bond acceptors (Lipinski definition) is 5. The van der Waals surface area contributed by atoms with Gasteiger partial charge in [-0.3, -0.25) is 0 Å². The van der Waals surface area contributed by atoms with Gasteiger partial charge in [-0.25, -0.2) is 4.98 Å². The van der Waals surface area contributed by atoms with Gasteiger partial charge in [0, 0.05) is 37.2 Å². The molecule has 0 fully saturated rings. The number of nitrogens with zero attached hydrogens (tertiary/aromatic N) is 2. The van der Waals surface area contributed by atoms with Gasteiger partial charge in [-0.05, 0) is 20.3 Å². The molecule has 1 atom stereocenters. The van der Waals surface area contributed by atoms with Crippen molar-refractivity contribution in [1.29, 1.82) is 0 Å². The number of nitrogens with one attached hydrogen (secondary N) is 1. The fourth-order valence-corrected chi connectivity index (χ4v) is 3.05. The van der Waals surface area contributed by atoms with Crippen molar-refractivity contribution in [2.24, 2.45) is 0 Å². The molecule has 1 rings (SSSR count). The molecule has 1 N–H and O–H groups in total. The third-order valence-electron chi connectivity index (χ3n) is 3.46. The zero-order valence-corrected chi connectivity index (χ0v) is 14.5. The Bertz CT molecular complexity index is 392. The molecule has 0 saturated heterocycles. The highest BCUT2D eigenvalue weighted by Crippen LogP contribution is 2.28. The number of methoxy groups -OCH3 is 1. The molecule has 4 nitrogen and oxygen atoms in total. The Morgan fingerprint density at radius 3 is 2.60 bits per heavy atom. The summed E-state index contributed by atoms with van der Waals surface area (Å²) in [5, 5.41) is 4.59. The Morgan fingerprint density at radius 2 is 2.05 bits per heavy atom. The minimum Gasteiger partial charge on any atom is -0.383 e. The third-order valence-corrected chi connectivity index (χ3v) is 4.65. The topological polar surface area (TPSA) is 37.4 Å². The van der Waals surface area contributed by atoms with Crippen LogP contribution < -0.4 is 10.2 Å². The van der Waals surface area contributed by atoms with Crippen molar-refractivity contribution in [3.8, 4) is 0 Å². The summed E-state index contributed by atoms with van der Waals surface area (Å²) in [4.78, 5) is 8.45. The lowest BCUT2D eigenvalue weighted by Gasteiger charge is -2.27. The van der Waals surface area contributed by atoms with Crippen molar-refractivity contribution < 1.29 is 4.74 Å². The number of rotatable bonds is 9. The Kier molecular flexibility index (Phi) is 7.48. The molecule has 1 heterocycles. The van der Waals surface area contributed by atoms with Crippen molar-refractivity contribution in [1.82, 2.24) is 10.3 Å². The number of hydrogen-bond donors (Lipinski definition) is 1. The number of aryl methyl sites for hydroxylation is 1. The summed E-state index contributed by atoms with van der Waals surface area (Å²) < 4.78 is 5.23. The number of aromatic nitrogens is 1. The predicted molar refractivity (Wildman–Crippen MR) is 87.8 cm³/mol. The summed E-state index contributed by atoms with van der Waals surface area (Å²) in [6.45, 7) is 13.4. The standard InChI is InChI=1S/C15H29N3OS/c1-7-12(4)18(8-9-19-6)15-17-13(5)14(20-15)10-16-11(2)3/h11-12,16H,7-10H2,1-6H3. The van der Waals surface area contributed by atoms with Crippen LogP contribution in [0.2, 0.25) is 0 Å². The molecule has 0 saturated carbocycles. The van der Waals surface area contributed by atoms with E-state index in [1.54, 1.807) is 18.4 Å².